The molecule has 7 heteroatoms. The summed E-state index contributed by atoms with van der Waals surface area (Å²) in [6, 6.07) is 7.58. The molecule has 0 unspecified atom stereocenters. The van der Waals surface area contributed by atoms with Gasteiger partial charge in [-0.2, -0.15) is 13.2 Å². The molecular formula is C14H8F3N3O. The lowest BCUT2D eigenvalue weighted by molar-refractivity contribution is -0.137. The van der Waals surface area contributed by atoms with Crippen LogP contribution in [0.2, 0.25) is 0 Å². The first kappa shape index (κ1) is 13.3. The first-order valence-corrected chi connectivity index (χ1v) is 5.97. The zero-order chi connectivity index (χ0) is 15.0. The Kier molecular flexibility index (Phi) is 2.97. The van der Waals surface area contributed by atoms with E-state index >= 15 is 0 Å². The number of hydrogen-bond donors (Lipinski definition) is 0. The van der Waals surface area contributed by atoms with Gasteiger partial charge in [0.1, 0.15) is 6.33 Å². The second-order valence-corrected chi connectivity index (χ2v) is 4.34. The van der Waals surface area contributed by atoms with Crippen LogP contribution in [-0.2, 0) is 6.18 Å². The molecule has 0 spiro atoms. The lowest BCUT2D eigenvalue weighted by Gasteiger charge is -2.09. The normalized spacial score (nSPS) is 11.8. The third-order valence-electron chi connectivity index (χ3n) is 2.99. The fourth-order valence-corrected chi connectivity index (χ4v) is 1.95. The largest absolute Gasteiger partial charge is 0.416 e. The Bertz CT molecular complexity index is 854. The van der Waals surface area contributed by atoms with Gasteiger partial charge in [-0.3, -0.25) is 9.36 Å². The number of pyridine rings is 1. The van der Waals surface area contributed by atoms with Gasteiger partial charge in [0, 0.05) is 6.20 Å². The molecule has 0 aliphatic carbocycles. The maximum atomic E-state index is 12.5. The third kappa shape index (κ3) is 2.37. The van der Waals surface area contributed by atoms with Crippen molar-refractivity contribution in [2.24, 2.45) is 0 Å². The summed E-state index contributed by atoms with van der Waals surface area (Å²) in [5, 5.41) is 0. The SMILES string of the molecule is O=c1c2ncccc2ncn1-c1ccc(C(F)(F)F)cc1. The zero-order valence-corrected chi connectivity index (χ0v) is 10.5. The highest BCUT2D eigenvalue weighted by atomic mass is 19.4. The maximum Gasteiger partial charge on any atom is 0.416 e. The molecule has 4 nitrogen and oxygen atoms in total. The lowest BCUT2D eigenvalue weighted by Crippen LogP contribution is -2.19. The van der Waals surface area contributed by atoms with Gasteiger partial charge in [0.15, 0.2) is 5.52 Å². The van der Waals surface area contributed by atoms with E-state index in [9.17, 15) is 18.0 Å². The van der Waals surface area contributed by atoms with Gasteiger partial charge in [-0.15, -0.1) is 0 Å². The summed E-state index contributed by atoms with van der Waals surface area (Å²) in [6.07, 6.45) is -1.68. The second-order valence-electron chi connectivity index (χ2n) is 4.34. The number of aromatic nitrogens is 3. The minimum atomic E-state index is -4.41. The zero-order valence-electron chi connectivity index (χ0n) is 10.5. The topological polar surface area (TPSA) is 47.8 Å². The van der Waals surface area contributed by atoms with Gasteiger partial charge in [-0.25, -0.2) is 9.97 Å². The summed E-state index contributed by atoms with van der Waals surface area (Å²) < 4.78 is 38.7. The minimum Gasteiger partial charge on any atom is -0.266 e. The minimum absolute atomic E-state index is 0.167. The van der Waals surface area contributed by atoms with Crippen LogP contribution >= 0.6 is 0 Å². The monoisotopic (exact) mass is 291 g/mol. The summed E-state index contributed by atoms with van der Waals surface area (Å²) in [6.45, 7) is 0. The average molecular weight is 291 g/mol. The van der Waals surface area contributed by atoms with E-state index in [0.717, 1.165) is 16.7 Å². The van der Waals surface area contributed by atoms with Crippen molar-refractivity contribution in [1.82, 2.24) is 14.5 Å². The van der Waals surface area contributed by atoms with Gasteiger partial charge in [0.2, 0.25) is 0 Å². The Morgan fingerprint density at radius 3 is 2.38 bits per heavy atom. The quantitative estimate of drug-likeness (QED) is 0.692. The van der Waals surface area contributed by atoms with Crippen molar-refractivity contribution < 1.29 is 13.2 Å². The maximum absolute atomic E-state index is 12.5. The first-order chi connectivity index (χ1) is 9.97. The molecule has 0 N–H and O–H groups in total. The standard InChI is InChI=1S/C14H8F3N3O/c15-14(16,17)9-3-5-10(6-4-9)20-8-19-11-2-1-7-18-12(11)13(20)21/h1-8H. The molecule has 2 aromatic heterocycles. The highest BCUT2D eigenvalue weighted by Gasteiger charge is 2.30. The van der Waals surface area contributed by atoms with Crippen LogP contribution in [0.5, 0.6) is 0 Å². The highest BCUT2D eigenvalue weighted by Crippen LogP contribution is 2.29. The molecule has 0 aliphatic rings. The number of fused-ring (bicyclic) bond motifs is 1. The fourth-order valence-electron chi connectivity index (χ4n) is 1.95. The van der Waals surface area contributed by atoms with Crippen LogP contribution in [0.25, 0.3) is 16.7 Å². The van der Waals surface area contributed by atoms with Gasteiger partial charge in [0.05, 0.1) is 16.8 Å². The van der Waals surface area contributed by atoms with Crippen molar-refractivity contribution in [3.63, 3.8) is 0 Å². The molecule has 106 valence electrons. The van der Waals surface area contributed by atoms with Crippen molar-refractivity contribution in [2.45, 2.75) is 6.18 Å². The molecule has 0 bridgehead atoms. The Morgan fingerprint density at radius 1 is 1.00 bits per heavy atom. The first-order valence-electron chi connectivity index (χ1n) is 5.97. The van der Waals surface area contributed by atoms with Crippen LogP contribution in [0.3, 0.4) is 0 Å². The van der Waals surface area contributed by atoms with Crippen LogP contribution in [0.4, 0.5) is 13.2 Å². The van der Waals surface area contributed by atoms with Crippen molar-refractivity contribution >= 4 is 11.0 Å². The summed E-state index contributed by atoms with van der Waals surface area (Å²) >= 11 is 0. The van der Waals surface area contributed by atoms with E-state index in [1.807, 2.05) is 0 Å². The van der Waals surface area contributed by atoms with Crippen molar-refractivity contribution in [2.75, 3.05) is 0 Å². The summed E-state index contributed by atoms with van der Waals surface area (Å²) in [5.74, 6) is 0. The Balaban J connectivity index is 2.13. The predicted molar refractivity (Wildman–Crippen MR) is 70.1 cm³/mol. The molecule has 0 aliphatic heterocycles. The number of halogens is 3. The Labute approximate surface area is 116 Å². The van der Waals surface area contributed by atoms with Crippen LogP contribution in [0.1, 0.15) is 5.56 Å². The summed E-state index contributed by atoms with van der Waals surface area (Å²) in [4.78, 5) is 20.3. The van der Waals surface area contributed by atoms with E-state index in [1.54, 1.807) is 12.1 Å². The number of nitrogens with zero attached hydrogens (tertiary/aromatic N) is 3. The number of benzene rings is 1. The molecule has 0 saturated heterocycles. The van der Waals surface area contributed by atoms with Crippen molar-refractivity contribution in [3.05, 3.63) is 64.8 Å². The smallest absolute Gasteiger partial charge is 0.266 e. The fraction of sp³-hybridized carbons (Fsp3) is 0.0714. The number of rotatable bonds is 1. The number of alkyl halides is 3. The van der Waals surface area contributed by atoms with E-state index in [4.69, 9.17) is 0 Å². The Hall–Kier alpha value is -2.70. The van der Waals surface area contributed by atoms with E-state index in [1.165, 1.54) is 24.7 Å². The second kappa shape index (κ2) is 4.69. The Morgan fingerprint density at radius 2 is 1.71 bits per heavy atom. The molecule has 0 atom stereocenters. The summed E-state index contributed by atoms with van der Waals surface area (Å²) in [7, 11) is 0. The average Bonchev–Trinajstić information content (AvgIpc) is 2.47. The highest BCUT2D eigenvalue weighted by molar-refractivity contribution is 5.72. The van der Waals surface area contributed by atoms with Crippen LogP contribution in [0, 0.1) is 0 Å². The van der Waals surface area contributed by atoms with Crippen molar-refractivity contribution in [3.8, 4) is 5.69 Å². The third-order valence-corrected chi connectivity index (χ3v) is 2.99. The van der Waals surface area contributed by atoms with Gasteiger partial charge in [-0.05, 0) is 36.4 Å². The number of hydrogen-bond acceptors (Lipinski definition) is 3. The van der Waals surface area contributed by atoms with Gasteiger partial charge < -0.3 is 0 Å². The van der Waals surface area contributed by atoms with E-state index in [0.29, 0.717) is 11.2 Å². The molecule has 2 heterocycles. The van der Waals surface area contributed by atoms with E-state index < -0.39 is 17.3 Å². The van der Waals surface area contributed by atoms with Gasteiger partial charge in [0.25, 0.3) is 5.56 Å². The van der Waals surface area contributed by atoms with Crippen LogP contribution in [-0.4, -0.2) is 14.5 Å². The van der Waals surface area contributed by atoms with Gasteiger partial charge in [-0.1, -0.05) is 0 Å². The molecule has 1 aromatic carbocycles. The molecule has 21 heavy (non-hydrogen) atoms. The molecular weight excluding hydrogens is 283 g/mol. The van der Waals surface area contributed by atoms with Crippen molar-refractivity contribution in [1.29, 1.82) is 0 Å². The van der Waals surface area contributed by atoms with Gasteiger partial charge >= 0.3 is 6.18 Å². The predicted octanol–water partition coefficient (Wildman–Crippen LogP) is 2.80. The molecule has 0 amide bonds. The molecule has 0 saturated carbocycles. The van der Waals surface area contributed by atoms with Crippen LogP contribution < -0.4 is 5.56 Å². The lowest BCUT2D eigenvalue weighted by atomic mass is 10.2. The van der Waals surface area contributed by atoms with E-state index in [2.05, 4.69) is 9.97 Å². The molecule has 0 radical (unpaired) electrons. The molecule has 3 aromatic rings. The molecule has 0 fully saturated rings. The van der Waals surface area contributed by atoms with Crippen LogP contribution in [0.15, 0.2) is 53.7 Å². The summed E-state index contributed by atoms with van der Waals surface area (Å²) in [5.41, 5.74) is -0.301. The van der Waals surface area contributed by atoms with E-state index in [-0.39, 0.29) is 5.52 Å². The molecule has 3 rings (SSSR count).